The predicted octanol–water partition coefficient (Wildman–Crippen LogP) is 2.43. The van der Waals surface area contributed by atoms with E-state index < -0.39 is 0 Å². The first-order chi connectivity index (χ1) is 11.7. The summed E-state index contributed by atoms with van der Waals surface area (Å²) in [5, 5.41) is 11.0. The molecule has 1 aromatic carbocycles. The lowest BCUT2D eigenvalue weighted by Gasteiger charge is -2.27. The Morgan fingerprint density at radius 2 is 1.96 bits per heavy atom. The number of nitrogens with zero attached hydrogens (tertiary/aromatic N) is 2. The molecule has 1 aliphatic heterocycles. The Labute approximate surface area is 154 Å². The molecule has 2 aromatic rings. The zero-order valence-corrected chi connectivity index (χ0v) is 15.4. The SMILES string of the molecule is Cc1ccc(-n2nc(C(=O)NCC3CNC3)c3c2CCCC3)cc1.Cl. The minimum Gasteiger partial charge on any atom is -0.350 e. The van der Waals surface area contributed by atoms with E-state index in [1.165, 1.54) is 17.7 Å². The second-order valence-electron chi connectivity index (χ2n) is 6.96. The van der Waals surface area contributed by atoms with Crippen LogP contribution in [0, 0.1) is 12.8 Å². The molecule has 0 radical (unpaired) electrons. The predicted molar refractivity (Wildman–Crippen MR) is 101 cm³/mol. The second kappa shape index (κ2) is 7.58. The van der Waals surface area contributed by atoms with Crippen LogP contribution in [0.15, 0.2) is 24.3 Å². The Bertz CT molecular complexity index is 750. The number of aryl methyl sites for hydroxylation is 1. The van der Waals surface area contributed by atoms with Gasteiger partial charge in [-0.1, -0.05) is 17.7 Å². The Hall–Kier alpha value is -1.85. The van der Waals surface area contributed by atoms with Gasteiger partial charge in [-0.05, 0) is 44.7 Å². The summed E-state index contributed by atoms with van der Waals surface area (Å²) < 4.78 is 1.98. The van der Waals surface area contributed by atoms with Gasteiger partial charge < -0.3 is 10.6 Å². The molecule has 0 saturated carbocycles. The molecule has 0 unspecified atom stereocenters. The molecule has 1 aromatic heterocycles. The van der Waals surface area contributed by atoms with Crippen molar-refractivity contribution in [2.75, 3.05) is 19.6 Å². The van der Waals surface area contributed by atoms with Gasteiger partial charge in [-0.3, -0.25) is 4.79 Å². The van der Waals surface area contributed by atoms with E-state index in [1.54, 1.807) is 0 Å². The number of amides is 1. The van der Waals surface area contributed by atoms with E-state index in [2.05, 4.69) is 41.8 Å². The number of nitrogens with one attached hydrogen (secondary N) is 2. The molecule has 1 fully saturated rings. The highest BCUT2D eigenvalue weighted by atomic mass is 35.5. The van der Waals surface area contributed by atoms with Crippen molar-refractivity contribution in [3.63, 3.8) is 0 Å². The Balaban J connectivity index is 0.00000182. The molecule has 5 nitrogen and oxygen atoms in total. The van der Waals surface area contributed by atoms with Crippen molar-refractivity contribution in [3.05, 3.63) is 46.8 Å². The molecule has 1 saturated heterocycles. The van der Waals surface area contributed by atoms with Crippen LogP contribution in [0.3, 0.4) is 0 Å². The van der Waals surface area contributed by atoms with Crippen molar-refractivity contribution in [3.8, 4) is 5.69 Å². The van der Waals surface area contributed by atoms with Crippen LogP contribution >= 0.6 is 12.4 Å². The fourth-order valence-corrected chi connectivity index (χ4v) is 3.49. The summed E-state index contributed by atoms with van der Waals surface area (Å²) in [6, 6.07) is 8.35. The molecule has 1 aliphatic carbocycles. The molecule has 25 heavy (non-hydrogen) atoms. The van der Waals surface area contributed by atoms with Gasteiger partial charge in [0.1, 0.15) is 0 Å². The summed E-state index contributed by atoms with van der Waals surface area (Å²) >= 11 is 0. The molecule has 2 aliphatic rings. The molecular formula is C19H25ClN4O. The highest BCUT2D eigenvalue weighted by Gasteiger charge is 2.26. The molecule has 0 bridgehead atoms. The van der Waals surface area contributed by atoms with Crippen LogP contribution in [0.25, 0.3) is 5.69 Å². The molecule has 0 atom stereocenters. The van der Waals surface area contributed by atoms with Gasteiger partial charge in [-0.15, -0.1) is 12.4 Å². The van der Waals surface area contributed by atoms with E-state index >= 15 is 0 Å². The van der Waals surface area contributed by atoms with Crippen LogP contribution in [-0.4, -0.2) is 35.3 Å². The number of rotatable bonds is 4. The summed E-state index contributed by atoms with van der Waals surface area (Å²) in [6.45, 7) is 4.81. The van der Waals surface area contributed by atoms with Gasteiger partial charge in [0.2, 0.25) is 0 Å². The van der Waals surface area contributed by atoms with Gasteiger partial charge in [0, 0.05) is 36.8 Å². The third-order valence-corrected chi connectivity index (χ3v) is 5.09. The second-order valence-corrected chi connectivity index (χ2v) is 6.96. The molecule has 2 heterocycles. The summed E-state index contributed by atoms with van der Waals surface area (Å²) in [7, 11) is 0. The molecular weight excluding hydrogens is 336 g/mol. The van der Waals surface area contributed by atoms with Crippen molar-refractivity contribution in [1.82, 2.24) is 20.4 Å². The minimum atomic E-state index is -0.0223. The molecule has 0 spiro atoms. The van der Waals surface area contributed by atoms with Crippen LogP contribution in [-0.2, 0) is 12.8 Å². The zero-order chi connectivity index (χ0) is 16.5. The molecule has 1 amide bonds. The average Bonchev–Trinajstić information content (AvgIpc) is 2.94. The van der Waals surface area contributed by atoms with Crippen LogP contribution in [0.4, 0.5) is 0 Å². The number of hydrogen-bond donors (Lipinski definition) is 2. The number of carbonyl (C=O) groups is 1. The standard InChI is InChI=1S/C19H24N4O.ClH/c1-13-6-8-15(9-7-13)23-17-5-3-2-4-16(17)18(22-23)19(24)21-12-14-10-20-11-14;/h6-9,14,20H,2-5,10-12H2,1H3,(H,21,24);1H. The van der Waals surface area contributed by atoms with Crippen molar-refractivity contribution in [2.45, 2.75) is 32.6 Å². The minimum absolute atomic E-state index is 0. The fourth-order valence-electron chi connectivity index (χ4n) is 3.49. The van der Waals surface area contributed by atoms with Crippen LogP contribution in [0.2, 0.25) is 0 Å². The van der Waals surface area contributed by atoms with Gasteiger partial charge in [-0.25, -0.2) is 4.68 Å². The van der Waals surface area contributed by atoms with Crippen molar-refractivity contribution in [1.29, 1.82) is 0 Å². The smallest absolute Gasteiger partial charge is 0.272 e. The Morgan fingerprint density at radius 1 is 1.24 bits per heavy atom. The van der Waals surface area contributed by atoms with E-state index in [4.69, 9.17) is 5.10 Å². The number of halogens is 1. The molecule has 6 heteroatoms. The monoisotopic (exact) mass is 360 g/mol. The van der Waals surface area contributed by atoms with Gasteiger partial charge >= 0.3 is 0 Å². The first-order valence-electron chi connectivity index (χ1n) is 8.89. The van der Waals surface area contributed by atoms with Gasteiger partial charge in [0.15, 0.2) is 5.69 Å². The largest absolute Gasteiger partial charge is 0.350 e. The lowest BCUT2D eigenvalue weighted by atomic mass is 9.95. The molecule has 4 rings (SSSR count). The lowest BCUT2D eigenvalue weighted by molar-refractivity contribution is 0.0935. The van der Waals surface area contributed by atoms with Gasteiger partial charge in [0.05, 0.1) is 5.69 Å². The maximum atomic E-state index is 12.7. The summed E-state index contributed by atoms with van der Waals surface area (Å²) in [6.07, 6.45) is 4.25. The molecule has 134 valence electrons. The van der Waals surface area contributed by atoms with E-state index in [0.29, 0.717) is 11.6 Å². The maximum absolute atomic E-state index is 12.7. The Morgan fingerprint density at radius 3 is 2.64 bits per heavy atom. The van der Waals surface area contributed by atoms with Gasteiger partial charge in [0.25, 0.3) is 5.91 Å². The van der Waals surface area contributed by atoms with Crippen molar-refractivity contribution < 1.29 is 4.79 Å². The van der Waals surface area contributed by atoms with Crippen LogP contribution in [0.1, 0.15) is 40.2 Å². The first-order valence-corrected chi connectivity index (χ1v) is 8.89. The molecule has 2 N–H and O–H groups in total. The third-order valence-electron chi connectivity index (χ3n) is 5.09. The van der Waals surface area contributed by atoms with Crippen molar-refractivity contribution >= 4 is 18.3 Å². The third kappa shape index (κ3) is 3.58. The first kappa shape index (κ1) is 18.0. The average molecular weight is 361 g/mol. The highest BCUT2D eigenvalue weighted by Crippen LogP contribution is 2.27. The fraction of sp³-hybridized carbons (Fsp3) is 0.474. The van der Waals surface area contributed by atoms with E-state index in [-0.39, 0.29) is 18.3 Å². The maximum Gasteiger partial charge on any atom is 0.272 e. The quantitative estimate of drug-likeness (QED) is 0.880. The summed E-state index contributed by atoms with van der Waals surface area (Å²) in [5.41, 5.74) is 5.25. The van der Waals surface area contributed by atoms with E-state index in [1.807, 2.05) is 4.68 Å². The van der Waals surface area contributed by atoms with Crippen LogP contribution < -0.4 is 10.6 Å². The number of benzene rings is 1. The van der Waals surface area contributed by atoms with Gasteiger partial charge in [-0.2, -0.15) is 5.10 Å². The summed E-state index contributed by atoms with van der Waals surface area (Å²) in [5.74, 6) is 0.537. The highest BCUT2D eigenvalue weighted by molar-refractivity contribution is 5.94. The van der Waals surface area contributed by atoms with E-state index in [9.17, 15) is 4.79 Å². The van der Waals surface area contributed by atoms with E-state index in [0.717, 1.165) is 50.1 Å². The summed E-state index contributed by atoms with van der Waals surface area (Å²) in [4.78, 5) is 12.7. The lowest BCUT2D eigenvalue weighted by Crippen LogP contribution is -2.48. The number of aromatic nitrogens is 2. The number of carbonyl (C=O) groups excluding carboxylic acids is 1. The number of fused-ring (bicyclic) bond motifs is 1. The zero-order valence-electron chi connectivity index (χ0n) is 14.5. The number of hydrogen-bond acceptors (Lipinski definition) is 3. The van der Waals surface area contributed by atoms with Crippen molar-refractivity contribution in [2.24, 2.45) is 5.92 Å². The van der Waals surface area contributed by atoms with Crippen LogP contribution in [0.5, 0.6) is 0 Å². The normalized spacial score (nSPS) is 16.5. The topological polar surface area (TPSA) is 59.0 Å². The Kier molecular flexibility index (Phi) is 5.45.